The summed E-state index contributed by atoms with van der Waals surface area (Å²) in [6, 6.07) is 3.40. The van der Waals surface area contributed by atoms with Crippen LogP contribution in [0.15, 0.2) is 12.1 Å². The minimum absolute atomic E-state index is 0.0319. The molecule has 0 radical (unpaired) electrons. The Morgan fingerprint density at radius 3 is 2.42 bits per heavy atom. The fourth-order valence-electron chi connectivity index (χ4n) is 4.27. The number of fused-ring (bicyclic) bond motifs is 1. The molecule has 3 atom stereocenters. The van der Waals surface area contributed by atoms with E-state index in [2.05, 4.69) is 4.90 Å². The molecule has 132 valence electrons. The van der Waals surface area contributed by atoms with E-state index in [-0.39, 0.29) is 5.75 Å². The lowest BCUT2D eigenvalue weighted by Crippen LogP contribution is -2.41. The van der Waals surface area contributed by atoms with Crippen molar-refractivity contribution in [2.24, 2.45) is 5.92 Å². The molecule has 1 heterocycles. The van der Waals surface area contributed by atoms with Crippen LogP contribution in [0.25, 0.3) is 0 Å². The molecule has 1 saturated heterocycles. The van der Waals surface area contributed by atoms with E-state index in [1.807, 2.05) is 0 Å². The van der Waals surface area contributed by atoms with Crippen LogP contribution in [0.2, 0.25) is 0 Å². The molecule has 0 amide bonds. The summed E-state index contributed by atoms with van der Waals surface area (Å²) in [5.41, 5.74) is 0.888. The van der Waals surface area contributed by atoms with Crippen molar-refractivity contribution < 1.29 is 24.5 Å². The van der Waals surface area contributed by atoms with E-state index < -0.39 is 12.0 Å². The van der Waals surface area contributed by atoms with E-state index in [9.17, 15) is 15.0 Å². The topological polar surface area (TPSA) is 79.2 Å². The SMILES string of the molecule is COc1cc(CN2C(C(=O)O)CC3CCCCC32)cc(OC)c1O. The summed E-state index contributed by atoms with van der Waals surface area (Å²) in [7, 11) is 2.98. The van der Waals surface area contributed by atoms with Gasteiger partial charge in [-0.05, 0) is 42.9 Å². The Morgan fingerprint density at radius 2 is 1.83 bits per heavy atom. The number of carboxylic acid groups (broad SMARTS) is 1. The van der Waals surface area contributed by atoms with E-state index in [0.717, 1.165) is 31.2 Å². The van der Waals surface area contributed by atoms with Crippen molar-refractivity contribution in [3.8, 4) is 17.2 Å². The minimum Gasteiger partial charge on any atom is -0.502 e. The van der Waals surface area contributed by atoms with Crippen molar-refractivity contribution in [1.82, 2.24) is 4.90 Å². The zero-order chi connectivity index (χ0) is 17.3. The number of likely N-dealkylation sites (tertiary alicyclic amines) is 1. The Labute approximate surface area is 142 Å². The van der Waals surface area contributed by atoms with Crippen LogP contribution in [0, 0.1) is 5.92 Å². The number of rotatable bonds is 5. The van der Waals surface area contributed by atoms with Crippen molar-refractivity contribution in [3.05, 3.63) is 17.7 Å². The number of hydrogen-bond acceptors (Lipinski definition) is 5. The van der Waals surface area contributed by atoms with Gasteiger partial charge in [-0.2, -0.15) is 0 Å². The zero-order valence-corrected chi connectivity index (χ0v) is 14.2. The van der Waals surface area contributed by atoms with Crippen LogP contribution < -0.4 is 9.47 Å². The molecule has 6 nitrogen and oxygen atoms in total. The van der Waals surface area contributed by atoms with E-state index in [1.165, 1.54) is 20.6 Å². The van der Waals surface area contributed by atoms with E-state index in [0.29, 0.717) is 30.0 Å². The molecule has 0 bridgehead atoms. The number of aliphatic carboxylic acids is 1. The molecule has 1 aromatic carbocycles. The fraction of sp³-hybridized carbons (Fsp3) is 0.611. The van der Waals surface area contributed by atoms with Gasteiger partial charge >= 0.3 is 5.97 Å². The number of nitrogens with zero attached hydrogens (tertiary/aromatic N) is 1. The van der Waals surface area contributed by atoms with E-state index >= 15 is 0 Å². The first-order valence-electron chi connectivity index (χ1n) is 8.47. The van der Waals surface area contributed by atoms with Crippen molar-refractivity contribution in [3.63, 3.8) is 0 Å². The van der Waals surface area contributed by atoms with E-state index in [1.54, 1.807) is 12.1 Å². The van der Waals surface area contributed by atoms with E-state index in [4.69, 9.17) is 9.47 Å². The van der Waals surface area contributed by atoms with Crippen LogP contribution >= 0.6 is 0 Å². The predicted octanol–water partition coefficient (Wildman–Crippen LogP) is 2.63. The van der Waals surface area contributed by atoms with Gasteiger partial charge in [-0.15, -0.1) is 0 Å². The number of phenolic OH excluding ortho intramolecular Hbond substituents is 1. The average molecular weight is 335 g/mol. The van der Waals surface area contributed by atoms with Crippen LogP contribution in [-0.4, -0.2) is 47.4 Å². The van der Waals surface area contributed by atoms with Gasteiger partial charge in [0.1, 0.15) is 6.04 Å². The maximum absolute atomic E-state index is 11.7. The first kappa shape index (κ1) is 16.9. The Bertz CT molecular complexity index is 592. The molecule has 1 aliphatic carbocycles. The lowest BCUT2D eigenvalue weighted by atomic mass is 9.84. The Hall–Kier alpha value is -1.95. The Morgan fingerprint density at radius 1 is 1.21 bits per heavy atom. The predicted molar refractivity (Wildman–Crippen MR) is 88.5 cm³/mol. The molecule has 0 aromatic heterocycles. The maximum Gasteiger partial charge on any atom is 0.320 e. The number of ether oxygens (including phenoxy) is 2. The highest BCUT2D eigenvalue weighted by molar-refractivity contribution is 5.74. The third kappa shape index (κ3) is 3.02. The zero-order valence-electron chi connectivity index (χ0n) is 14.2. The molecule has 3 rings (SSSR count). The normalized spacial score (nSPS) is 26.8. The smallest absolute Gasteiger partial charge is 0.320 e. The van der Waals surface area contributed by atoms with Crippen molar-refractivity contribution in [2.45, 2.75) is 50.7 Å². The number of methoxy groups -OCH3 is 2. The fourth-order valence-corrected chi connectivity index (χ4v) is 4.27. The van der Waals surface area contributed by atoms with Gasteiger partial charge in [0.2, 0.25) is 5.75 Å². The van der Waals surface area contributed by atoms with Crippen LogP contribution in [0.5, 0.6) is 17.2 Å². The third-order valence-electron chi connectivity index (χ3n) is 5.41. The summed E-state index contributed by atoms with van der Waals surface area (Å²) < 4.78 is 10.4. The molecule has 2 aliphatic rings. The second-order valence-corrected chi connectivity index (χ2v) is 6.72. The molecule has 3 unspecified atom stereocenters. The first-order chi connectivity index (χ1) is 11.5. The summed E-state index contributed by atoms with van der Waals surface area (Å²) in [5, 5.41) is 19.7. The van der Waals surface area contributed by atoms with Gasteiger partial charge in [-0.1, -0.05) is 12.8 Å². The third-order valence-corrected chi connectivity index (χ3v) is 5.41. The lowest BCUT2D eigenvalue weighted by Gasteiger charge is -2.33. The molecule has 0 spiro atoms. The Balaban J connectivity index is 1.89. The van der Waals surface area contributed by atoms with Gasteiger partial charge in [0.05, 0.1) is 14.2 Å². The monoisotopic (exact) mass is 335 g/mol. The molecule has 1 saturated carbocycles. The number of carbonyl (C=O) groups is 1. The highest BCUT2D eigenvalue weighted by atomic mass is 16.5. The number of phenols is 1. The molecule has 24 heavy (non-hydrogen) atoms. The number of carboxylic acids is 1. The molecule has 1 aromatic rings. The molecular formula is C18H25NO5. The highest BCUT2D eigenvalue weighted by Crippen LogP contribution is 2.42. The summed E-state index contributed by atoms with van der Waals surface area (Å²) in [6.07, 6.45) is 5.26. The van der Waals surface area contributed by atoms with Gasteiger partial charge in [-0.3, -0.25) is 9.69 Å². The highest BCUT2D eigenvalue weighted by Gasteiger charge is 2.45. The molecule has 6 heteroatoms. The van der Waals surface area contributed by atoms with Crippen molar-refractivity contribution >= 4 is 5.97 Å². The van der Waals surface area contributed by atoms with Gasteiger partial charge in [0.15, 0.2) is 11.5 Å². The Kier molecular flexibility index (Phi) is 4.85. The summed E-state index contributed by atoms with van der Waals surface area (Å²) in [5.74, 6) is 0.379. The van der Waals surface area contributed by atoms with Crippen LogP contribution in [0.3, 0.4) is 0 Å². The largest absolute Gasteiger partial charge is 0.502 e. The molecule has 2 fully saturated rings. The molecule has 1 aliphatic heterocycles. The minimum atomic E-state index is -0.748. The molecule has 2 N–H and O–H groups in total. The van der Waals surface area contributed by atoms with Crippen molar-refractivity contribution in [2.75, 3.05) is 14.2 Å². The van der Waals surface area contributed by atoms with Gasteiger partial charge in [0, 0.05) is 12.6 Å². The number of hydrogen-bond donors (Lipinski definition) is 2. The summed E-state index contributed by atoms with van der Waals surface area (Å²) in [4.78, 5) is 13.8. The van der Waals surface area contributed by atoms with Crippen LogP contribution in [0.1, 0.15) is 37.7 Å². The number of aromatic hydroxyl groups is 1. The second kappa shape index (κ2) is 6.89. The molecular weight excluding hydrogens is 310 g/mol. The lowest BCUT2D eigenvalue weighted by molar-refractivity contribution is -0.142. The maximum atomic E-state index is 11.7. The van der Waals surface area contributed by atoms with Gasteiger partial charge in [-0.25, -0.2) is 0 Å². The summed E-state index contributed by atoms with van der Waals surface area (Å²) >= 11 is 0. The van der Waals surface area contributed by atoms with Gasteiger partial charge in [0.25, 0.3) is 0 Å². The average Bonchev–Trinajstić information content (AvgIpc) is 2.95. The summed E-state index contributed by atoms with van der Waals surface area (Å²) in [6.45, 7) is 0.519. The standard InChI is InChI=1S/C18H25NO5/c1-23-15-7-11(8-16(24-2)17(15)20)10-19-13-6-4-3-5-12(13)9-14(19)18(21)22/h7-8,12-14,20H,3-6,9-10H2,1-2H3,(H,21,22). The van der Waals surface area contributed by atoms with Crippen LogP contribution in [0.4, 0.5) is 0 Å². The number of benzene rings is 1. The second-order valence-electron chi connectivity index (χ2n) is 6.72. The van der Waals surface area contributed by atoms with Crippen molar-refractivity contribution in [1.29, 1.82) is 0 Å². The quantitative estimate of drug-likeness (QED) is 0.861. The van der Waals surface area contributed by atoms with Gasteiger partial charge < -0.3 is 19.7 Å². The van der Waals surface area contributed by atoms with Crippen LogP contribution in [-0.2, 0) is 11.3 Å². The first-order valence-corrected chi connectivity index (χ1v) is 8.47.